The molecule has 1 aliphatic heterocycles. The Kier molecular flexibility index (Phi) is 5.02. The summed E-state index contributed by atoms with van der Waals surface area (Å²) in [4.78, 5) is 0. The van der Waals surface area contributed by atoms with Gasteiger partial charge in [-0.05, 0) is 31.6 Å². The molecule has 2 unspecified atom stereocenters. The Balaban J connectivity index is 2.13. The smallest absolute Gasteiger partial charge is 0.215 e. The summed E-state index contributed by atoms with van der Waals surface area (Å²) in [5, 5.41) is -0.612. The SMILES string of the molecule is CC1CCCCC1(CN)NS(=O)(=O)C1CCS(=O)(=O)CC1. The van der Waals surface area contributed by atoms with Gasteiger partial charge >= 0.3 is 0 Å². The molecule has 1 heterocycles. The van der Waals surface area contributed by atoms with Crippen molar-refractivity contribution >= 4 is 19.9 Å². The number of sulfonamides is 1. The molecule has 1 saturated carbocycles. The van der Waals surface area contributed by atoms with Crippen LogP contribution < -0.4 is 10.5 Å². The molecule has 3 N–H and O–H groups in total. The molecule has 2 fully saturated rings. The number of nitrogens with two attached hydrogens (primary N) is 1. The highest BCUT2D eigenvalue weighted by Crippen LogP contribution is 2.34. The summed E-state index contributed by atoms with van der Waals surface area (Å²) in [6, 6.07) is 0. The van der Waals surface area contributed by atoms with E-state index in [4.69, 9.17) is 5.73 Å². The first-order valence-electron chi connectivity index (χ1n) is 7.64. The van der Waals surface area contributed by atoms with Crippen LogP contribution in [0.5, 0.6) is 0 Å². The maximum Gasteiger partial charge on any atom is 0.215 e. The molecule has 6 nitrogen and oxygen atoms in total. The predicted octanol–water partition coefficient (Wildman–Crippen LogP) is 0.391. The summed E-state index contributed by atoms with van der Waals surface area (Å²) < 4.78 is 51.0. The average molecular weight is 338 g/mol. The predicted molar refractivity (Wildman–Crippen MR) is 83.1 cm³/mol. The molecule has 2 atom stereocenters. The molecule has 2 aliphatic rings. The lowest BCUT2D eigenvalue weighted by Crippen LogP contribution is -2.60. The fraction of sp³-hybridized carbons (Fsp3) is 1.00. The van der Waals surface area contributed by atoms with E-state index in [9.17, 15) is 16.8 Å². The van der Waals surface area contributed by atoms with Crippen LogP contribution in [0.1, 0.15) is 45.4 Å². The summed E-state index contributed by atoms with van der Waals surface area (Å²) >= 11 is 0. The highest BCUT2D eigenvalue weighted by Gasteiger charge is 2.43. The molecule has 2 rings (SSSR count). The van der Waals surface area contributed by atoms with Gasteiger partial charge in [0.15, 0.2) is 0 Å². The minimum atomic E-state index is -3.53. The highest BCUT2D eigenvalue weighted by molar-refractivity contribution is 7.92. The molecular formula is C13H26N2O4S2. The van der Waals surface area contributed by atoms with E-state index in [0.29, 0.717) is 6.54 Å². The van der Waals surface area contributed by atoms with Crippen molar-refractivity contribution in [3.05, 3.63) is 0 Å². The third-order valence-electron chi connectivity index (χ3n) is 5.10. The van der Waals surface area contributed by atoms with Crippen molar-refractivity contribution in [2.45, 2.75) is 56.2 Å². The maximum absolute atomic E-state index is 12.6. The van der Waals surface area contributed by atoms with Crippen LogP contribution in [0.2, 0.25) is 0 Å². The van der Waals surface area contributed by atoms with E-state index in [1.165, 1.54) is 0 Å². The normalized spacial score (nSPS) is 34.7. The Morgan fingerprint density at radius 1 is 1.19 bits per heavy atom. The van der Waals surface area contributed by atoms with Crippen molar-refractivity contribution in [1.29, 1.82) is 0 Å². The van der Waals surface area contributed by atoms with Crippen LogP contribution in [0, 0.1) is 5.92 Å². The lowest BCUT2D eigenvalue weighted by atomic mass is 9.74. The van der Waals surface area contributed by atoms with Gasteiger partial charge in [0.25, 0.3) is 0 Å². The first-order chi connectivity index (χ1) is 9.71. The molecule has 0 bridgehead atoms. The van der Waals surface area contributed by atoms with Crippen molar-refractivity contribution < 1.29 is 16.8 Å². The van der Waals surface area contributed by atoms with Gasteiger partial charge in [-0.1, -0.05) is 19.8 Å². The second-order valence-corrected chi connectivity index (χ2v) is 10.8. The van der Waals surface area contributed by atoms with Gasteiger partial charge in [0.2, 0.25) is 10.0 Å². The number of hydrogen-bond donors (Lipinski definition) is 2. The molecule has 0 amide bonds. The molecule has 1 aliphatic carbocycles. The van der Waals surface area contributed by atoms with Crippen LogP contribution in [0.3, 0.4) is 0 Å². The molecular weight excluding hydrogens is 312 g/mol. The van der Waals surface area contributed by atoms with Crippen molar-refractivity contribution in [3.8, 4) is 0 Å². The molecule has 1 saturated heterocycles. The lowest BCUT2D eigenvalue weighted by Gasteiger charge is -2.43. The molecule has 8 heteroatoms. The maximum atomic E-state index is 12.6. The van der Waals surface area contributed by atoms with Gasteiger partial charge in [-0.25, -0.2) is 21.6 Å². The molecule has 0 aromatic rings. The van der Waals surface area contributed by atoms with Crippen LogP contribution in [0.4, 0.5) is 0 Å². The summed E-state index contributed by atoms with van der Waals surface area (Å²) in [5.41, 5.74) is 5.32. The van der Waals surface area contributed by atoms with Crippen LogP contribution in [0.15, 0.2) is 0 Å². The molecule has 124 valence electrons. The molecule has 0 aromatic carbocycles. The quantitative estimate of drug-likeness (QED) is 0.771. The Morgan fingerprint density at radius 3 is 2.33 bits per heavy atom. The molecule has 0 aromatic heterocycles. The van der Waals surface area contributed by atoms with E-state index < -0.39 is 30.6 Å². The van der Waals surface area contributed by atoms with E-state index in [1.54, 1.807) is 0 Å². The van der Waals surface area contributed by atoms with Gasteiger partial charge in [0, 0.05) is 12.1 Å². The van der Waals surface area contributed by atoms with Crippen LogP contribution in [-0.2, 0) is 19.9 Å². The fourth-order valence-corrected chi connectivity index (χ4v) is 7.22. The van der Waals surface area contributed by atoms with E-state index >= 15 is 0 Å². The minimum absolute atomic E-state index is 0.0379. The van der Waals surface area contributed by atoms with Gasteiger partial charge < -0.3 is 5.73 Å². The van der Waals surface area contributed by atoms with Crippen LogP contribution in [-0.4, -0.2) is 45.7 Å². The second kappa shape index (κ2) is 6.14. The number of rotatable bonds is 4. The Bertz CT molecular complexity index is 559. The van der Waals surface area contributed by atoms with E-state index in [2.05, 4.69) is 4.72 Å². The van der Waals surface area contributed by atoms with Gasteiger partial charge in [-0.2, -0.15) is 0 Å². The van der Waals surface area contributed by atoms with Crippen molar-refractivity contribution in [1.82, 2.24) is 4.72 Å². The highest BCUT2D eigenvalue weighted by atomic mass is 32.2. The summed E-state index contributed by atoms with van der Waals surface area (Å²) in [5.74, 6) is 0.131. The number of nitrogens with one attached hydrogen (secondary N) is 1. The lowest BCUT2D eigenvalue weighted by molar-refractivity contribution is 0.190. The zero-order valence-electron chi connectivity index (χ0n) is 12.5. The van der Waals surface area contributed by atoms with Gasteiger partial charge in [-0.15, -0.1) is 0 Å². The topological polar surface area (TPSA) is 106 Å². The Labute approximate surface area is 127 Å². The van der Waals surface area contributed by atoms with Crippen molar-refractivity contribution in [2.75, 3.05) is 18.1 Å². The zero-order valence-corrected chi connectivity index (χ0v) is 14.2. The first-order valence-corrected chi connectivity index (χ1v) is 11.0. The monoisotopic (exact) mass is 338 g/mol. The van der Waals surface area contributed by atoms with Gasteiger partial charge in [-0.3, -0.25) is 0 Å². The largest absolute Gasteiger partial charge is 0.329 e. The third-order valence-corrected chi connectivity index (χ3v) is 8.86. The Hall–Kier alpha value is -0.180. The summed E-state index contributed by atoms with van der Waals surface area (Å²) in [7, 11) is -6.59. The number of hydrogen-bond acceptors (Lipinski definition) is 5. The zero-order chi connectivity index (χ0) is 15.7. The van der Waals surface area contributed by atoms with Gasteiger partial charge in [0.1, 0.15) is 9.84 Å². The second-order valence-electron chi connectivity index (χ2n) is 6.51. The van der Waals surface area contributed by atoms with Crippen molar-refractivity contribution in [3.63, 3.8) is 0 Å². The number of sulfone groups is 1. The average Bonchev–Trinajstić information content (AvgIpc) is 2.41. The molecule has 0 spiro atoms. The van der Waals surface area contributed by atoms with Crippen LogP contribution in [0.25, 0.3) is 0 Å². The third kappa shape index (κ3) is 3.78. The van der Waals surface area contributed by atoms with Crippen molar-refractivity contribution in [2.24, 2.45) is 11.7 Å². The standard InChI is InChI=1S/C13H26N2O4S2/c1-11-4-2-3-7-13(11,10-14)15-21(18,19)12-5-8-20(16,17)9-6-12/h11-12,15H,2-10,14H2,1H3. The Morgan fingerprint density at radius 2 is 1.81 bits per heavy atom. The van der Waals surface area contributed by atoms with Crippen LogP contribution >= 0.6 is 0 Å². The summed E-state index contributed by atoms with van der Waals surface area (Å²) in [6.07, 6.45) is 4.18. The summed E-state index contributed by atoms with van der Waals surface area (Å²) in [6.45, 7) is 2.33. The fourth-order valence-electron chi connectivity index (χ4n) is 3.46. The van der Waals surface area contributed by atoms with E-state index in [0.717, 1.165) is 25.7 Å². The van der Waals surface area contributed by atoms with Gasteiger partial charge in [0.05, 0.1) is 16.8 Å². The first kappa shape index (κ1) is 17.2. The molecule has 0 radical (unpaired) electrons. The minimum Gasteiger partial charge on any atom is -0.329 e. The van der Waals surface area contributed by atoms with E-state index in [1.807, 2.05) is 6.92 Å². The molecule has 21 heavy (non-hydrogen) atoms. The van der Waals surface area contributed by atoms with E-state index in [-0.39, 0.29) is 30.3 Å².